The molecule has 0 aliphatic heterocycles. The van der Waals surface area contributed by atoms with Gasteiger partial charge >= 0.3 is 0 Å². The molecule has 41 heavy (non-hydrogen) atoms. The number of benzene rings is 1. The number of anilines is 1. The molecule has 4 aromatic heterocycles. The Kier molecular flexibility index (Phi) is 9.18. The highest BCUT2D eigenvalue weighted by Gasteiger charge is 2.18. The van der Waals surface area contributed by atoms with Crippen LogP contribution in [0.5, 0.6) is 0 Å². The summed E-state index contributed by atoms with van der Waals surface area (Å²) in [6, 6.07) is 10.6. The third-order valence-corrected chi connectivity index (χ3v) is 8.68. The molecule has 0 saturated carbocycles. The van der Waals surface area contributed by atoms with E-state index in [9.17, 15) is 9.18 Å². The Hall–Kier alpha value is -3.52. The van der Waals surface area contributed by atoms with Crippen LogP contribution in [0, 0.1) is 5.82 Å². The van der Waals surface area contributed by atoms with Gasteiger partial charge in [0.15, 0.2) is 11.6 Å². The largest absolute Gasteiger partial charge is 0.362 e. The number of pyridine rings is 1. The van der Waals surface area contributed by atoms with E-state index in [0.717, 1.165) is 26.6 Å². The molecule has 4 heterocycles. The van der Waals surface area contributed by atoms with Crippen LogP contribution in [-0.4, -0.2) is 79.5 Å². The zero-order valence-corrected chi connectivity index (χ0v) is 24.9. The quantitative estimate of drug-likeness (QED) is 0.143. The van der Waals surface area contributed by atoms with E-state index < -0.39 is 10.0 Å². The highest BCUT2D eigenvalue weighted by Crippen LogP contribution is 2.33. The molecule has 0 radical (unpaired) electrons. The number of para-hydroxylation sites is 2. The molecule has 1 aromatic carbocycles. The summed E-state index contributed by atoms with van der Waals surface area (Å²) in [5.74, 6) is 1.43. The van der Waals surface area contributed by atoms with Gasteiger partial charge in [-0.25, -0.2) is 34.4 Å². The van der Waals surface area contributed by atoms with Gasteiger partial charge < -0.3 is 15.4 Å². The van der Waals surface area contributed by atoms with Crippen molar-refractivity contribution in [2.24, 2.45) is 0 Å². The second kappa shape index (κ2) is 13.0. The van der Waals surface area contributed by atoms with Crippen LogP contribution in [0.3, 0.4) is 0 Å². The summed E-state index contributed by atoms with van der Waals surface area (Å²) in [4.78, 5) is 35.8. The van der Waals surface area contributed by atoms with Crippen LogP contribution in [0.4, 0.5) is 10.2 Å². The first-order chi connectivity index (χ1) is 19.8. The fraction of sp³-hybridized carbons (Fsp3) is 0.357. The van der Waals surface area contributed by atoms with Crippen molar-refractivity contribution < 1.29 is 13.9 Å². The molecule has 0 saturated heterocycles. The predicted molar refractivity (Wildman–Crippen MR) is 164 cm³/mol. The third kappa shape index (κ3) is 7.41. The summed E-state index contributed by atoms with van der Waals surface area (Å²) in [6.45, 7) is 1.80. The number of fused-ring (bicyclic) bond motifs is 2. The molecule has 216 valence electrons. The number of nitrogens with zero attached hydrogens (tertiary/aromatic N) is 6. The molecule has 5 aromatic rings. The normalized spacial score (nSPS) is 12.3. The second-order valence-corrected chi connectivity index (χ2v) is 16.0. The number of ether oxygens (including phenoxy) is 1. The number of carbonyl (C=O) groups is 1. The van der Waals surface area contributed by atoms with Crippen LogP contribution < -0.4 is 10.6 Å². The summed E-state index contributed by atoms with van der Waals surface area (Å²) < 4.78 is 21.7. The molecule has 0 unspecified atom stereocenters. The molecule has 0 amide bonds. The van der Waals surface area contributed by atoms with E-state index in [4.69, 9.17) is 4.74 Å². The van der Waals surface area contributed by atoms with Crippen LogP contribution in [-0.2, 0) is 24.4 Å². The highest BCUT2D eigenvalue weighted by molar-refractivity contribution is 8.32. The Bertz CT molecular complexity index is 1650. The van der Waals surface area contributed by atoms with Gasteiger partial charge in [0.2, 0.25) is 5.78 Å². The van der Waals surface area contributed by atoms with Gasteiger partial charge in [0, 0.05) is 24.9 Å². The number of imidazole rings is 1. The van der Waals surface area contributed by atoms with Gasteiger partial charge in [0.25, 0.3) is 0 Å². The van der Waals surface area contributed by atoms with Crippen molar-refractivity contribution in [3.05, 3.63) is 71.3 Å². The minimum atomic E-state index is -0.658. The lowest BCUT2D eigenvalue weighted by Crippen LogP contribution is -2.27. The molecule has 2 N–H and O–H groups in total. The van der Waals surface area contributed by atoms with Gasteiger partial charge in [-0.1, -0.05) is 23.5 Å². The van der Waals surface area contributed by atoms with Crippen LogP contribution in [0.15, 0.2) is 48.9 Å². The zero-order chi connectivity index (χ0) is 28.8. The zero-order valence-electron chi connectivity index (χ0n) is 23.3. The molecule has 13 heteroatoms. The molecule has 0 atom stereocenters. The molecule has 0 bridgehead atoms. The number of ketones is 1. The Morgan fingerprint density at radius 2 is 1.95 bits per heavy atom. The van der Waals surface area contributed by atoms with E-state index in [1.165, 1.54) is 23.7 Å². The Labute approximate surface area is 243 Å². The van der Waals surface area contributed by atoms with Crippen molar-refractivity contribution in [1.82, 2.24) is 34.8 Å². The van der Waals surface area contributed by atoms with Crippen molar-refractivity contribution in [2.75, 3.05) is 49.5 Å². The second-order valence-electron chi connectivity index (χ2n) is 10.3. The maximum atomic E-state index is 13.9. The van der Waals surface area contributed by atoms with E-state index >= 15 is 0 Å². The summed E-state index contributed by atoms with van der Waals surface area (Å²) >= 11 is 1.46. The minimum absolute atomic E-state index is 0.102. The van der Waals surface area contributed by atoms with Gasteiger partial charge in [-0.15, -0.1) is 0 Å². The maximum absolute atomic E-state index is 13.9. The van der Waals surface area contributed by atoms with Crippen molar-refractivity contribution >= 4 is 54.3 Å². The lowest BCUT2D eigenvalue weighted by molar-refractivity contribution is 0.0835. The first-order valence-electron chi connectivity index (χ1n) is 13.1. The topological polar surface area (TPSA) is 120 Å². The van der Waals surface area contributed by atoms with Crippen LogP contribution in [0.1, 0.15) is 21.3 Å². The van der Waals surface area contributed by atoms with Gasteiger partial charge in [-0.2, -0.15) is 0 Å². The van der Waals surface area contributed by atoms with Gasteiger partial charge in [0.1, 0.15) is 29.2 Å². The minimum Gasteiger partial charge on any atom is -0.362 e. The lowest BCUT2D eigenvalue weighted by atomic mass is 10.3. The van der Waals surface area contributed by atoms with Crippen LogP contribution in [0.25, 0.3) is 21.4 Å². The number of nitrogens with one attached hydrogen (secondary N) is 2. The molecule has 0 fully saturated rings. The van der Waals surface area contributed by atoms with Crippen molar-refractivity contribution in [2.45, 2.75) is 19.7 Å². The molecule has 0 spiro atoms. The SMILES string of the molecule is CS(C)(C)CCOCn1c(C(=O)CNCCc2nc3c(NCc4ncccc4F)ncnc3s2)nc2ccccc21. The standard InChI is InChI=1S/C28H33FN8O2S2/c1-41(2,3)14-13-39-18-37-22-9-5-4-8-20(22)35-27(37)23(38)16-30-12-10-24-36-25-26(33-17-34-28(25)40-24)32-15-21-19(29)7-6-11-31-21/h4-9,11,17,30H,10,12-16,18H2,1-3H3,(H,32,33,34). The van der Waals surface area contributed by atoms with E-state index in [0.29, 0.717) is 42.4 Å². The molecule has 0 aliphatic carbocycles. The first kappa shape index (κ1) is 29.0. The number of Topliss-reactive ketones (excluding diaryl/α,β-unsaturated/α-hetero) is 1. The fourth-order valence-electron chi connectivity index (χ4n) is 4.11. The number of halogens is 1. The Balaban J connectivity index is 1.18. The average molecular weight is 597 g/mol. The summed E-state index contributed by atoms with van der Waals surface area (Å²) in [5.41, 5.74) is 2.58. The van der Waals surface area contributed by atoms with E-state index in [1.807, 2.05) is 28.8 Å². The number of aromatic nitrogens is 6. The van der Waals surface area contributed by atoms with Gasteiger partial charge in [-0.05, 0) is 43.0 Å². The predicted octanol–water partition coefficient (Wildman–Crippen LogP) is 4.27. The highest BCUT2D eigenvalue weighted by atomic mass is 32.3. The third-order valence-electron chi connectivity index (χ3n) is 6.26. The molecule has 5 rings (SSSR count). The van der Waals surface area contributed by atoms with Crippen molar-refractivity contribution in [1.29, 1.82) is 0 Å². The fourth-order valence-corrected chi connectivity index (χ4v) is 5.63. The van der Waals surface area contributed by atoms with Crippen molar-refractivity contribution in [3.8, 4) is 0 Å². The van der Waals surface area contributed by atoms with E-state index in [2.05, 4.69) is 54.3 Å². The number of thiazole rings is 1. The Morgan fingerprint density at radius 1 is 1.10 bits per heavy atom. The smallest absolute Gasteiger partial charge is 0.212 e. The van der Waals surface area contributed by atoms with E-state index in [1.54, 1.807) is 12.3 Å². The summed E-state index contributed by atoms with van der Waals surface area (Å²) in [7, 11) is -0.658. The Morgan fingerprint density at radius 3 is 2.78 bits per heavy atom. The maximum Gasteiger partial charge on any atom is 0.212 e. The summed E-state index contributed by atoms with van der Waals surface area (Å²) in [6.07, 6.45) is 10.4. The van der Waals surface area contributed by atoms with Gasteiger partial charge in [-0.3, -0.25) is 14.3 Å². The van der Waals surface area contributed by atoms with Crippen LogP contribution >= 0.6 is 21.4 Å². The molecule has 10 nitrogen and oxygen atoms in total. The number of hydrogen-bond donors (Lipinski definition) is 2. The first-order valence-corrected chi connectivity index (χ1v) is 17.0. The van der Waals surface area contributed by atoms with E-state index in [-0.39, 0.29) is 31.4 Å². The number of hydrogen-bond acceptors (Lipinski definition) is 10. The van der Waals surface area contributed by atoms with Crippen LogP contribution in [0.2, 0.25) is 0 Å². The average Bonchev–Trinajstić information content (AvgIpc) is 3.54. The lowest BCUT2D eigenvalue weighted by Gasteiger charge is -2.24. The summed E-state index contributed by atoms with van der Waals surface area (Å²) in [5, 5.41) is 7.20. The van der Waals surface area contributed by atoms with Crippen molar-refractivity contribution in [3.63, 3.8) is 0 Å². The van der Waals surface area contributed by atoms with Gasteiger partial charge in [0.05, 0.1) is 41.4 Å². The molecular formula is C28H33FN8O2S2. The molecule has 0 aliphatic rings. The monoisotopic (exact) mass is 596 g/mol. The number of rotatable bonds is 14. The number of carbonyl (C=O) groups excluding carboxylic acids is 1. The molecular weight excluding hydrogens is 563 g/mol.